The van der Waals surface area contributed by atoms with Gasteiger partial charge in [-0.15, -0.1) is 0 Å². The van der Waals surface area contributed by atoms with Crippen molar-refractivity contribution in [1.29, 1.82) is 0 Å². The first kappa shape index (κ1) is 25.4. The second-order valence-electron chi connectivity index (χ2n) is 7.46. The van der Waals surface area contributed by atoms with E-state index in [1.807, 2.05) is 22.6 Å². The van der Waals surface area contributed by atoms with E-state index in [0.717, 1.165) is 20.0 Å². The van der Waals surface area contributed by atoms with Crippen LogP contribution in [-0.4, -0.2) is 55.1 Å². The minimum atomic E-state index is -4.47. The molecular weight excluding hydrogens is 574 g/mol. The molecule has 1 N–H and O–H groups in total. The predicted octanol–water partition coefficient (Wildman–Crippen LogP) is 2.85. The number of hydrogen-bond acceptors (Lipinski definition) is 4. The van der Waals surface area contributed by atoms with E-state index in [2.05, 4.69) is 5.32 Å². The number of benzene rings is 2. The van der Waals surface area contributed by atoms with Gasteiger partial charge in [0.2, 0.25) is 21.8 Å². The molecule has 178 valence electrons. The summed E-state index contributed by atoms with van der Waals surface area (Å²) in [6.45, 7) is 1.19. The summed E-state index contributed by atoms with van der Waals surface area (Å²) in [4.78, 5) is 26.2. The lowest BCUT2D eigenvalue weighted by Crippen LogP contribution is -2.61. The Morgan fingerprint density at radius 3 is 2.21 bits per heavy atom. The summed E-state index contributed by atoms with van der Waals surface area (Å²) in [5.74, 6) is -0.934. The summed E-state index contributed by atoms with van der Waals surface area (Å²) in [6.07, 6.45) is -4.47. The van der Waals surface area contributed by atoms with Crippen LogP contribution in [0.4, 0.5) is 13.2 Å². The van der Waals surface area contributed by atoms with Crippen LogP contribution in [0.15, 0.2) is 53.4 Å². The van der Waals surface area contributed by atoms with E-state index in [1.54, 1.807) is 12.1 Å². The molecule has 33 heavy (non-hydrogen) atoms. The van der Waals surface area contributed by atoms with Crippen molar-refractivity contribution in [3.63, 3.8) is 0 Å². The third kappa shape index (κ3) is 6.03. The summed E-state index contributed by atoms with van der Waals surface area (Å²) in [5, 5.41) is 2.58. The van der Waals surface area contributed by atoms with Crippen molar-refractivity contribution in [1.82, 2.24) is 14.5 Å². The number of carbonyl (C=O) groups is 2. The van der Waals surface area contributed by atoms with Crippen LogP contribution in [0.2, 0.25) is 0 Å². The highest BCUT2D eigenvalue weighted by Gasteiger charge is 2.40. The molecule has 0 radical (unpaired) electrons. The molecule has 0 bridgehead atoms. The van der Waals surface area contributed by atoms with Gasteiger partial charge in [0.15, 0.2) is 0 Å². The molecule has 1 unspecified atom stereocenters. The van der Waals surface area contributed by atoms with Gasteiger partial charge >= 0.3 is 6.18 Å². The molecule has 1 fully saturated rings. The van der Waals surface area contributed by atoms with Crippen LogP contribution in [0.3, 0.4) is 0 Å². The number of piperazine rings is 1. The molecule has 1 atom stereocenters. The molecule has 12 heteroatoms. The average molecular weight is 595 g/mol. The van der Waals surface area contributed by atoms with Crippen LogP contribution in [-0.2, 0) is 32.3 Å². The number of nitrogens with zero attached hydrogens (tertiary/aromatic N) is 2. The molecule has 0 aliphatic carbocycles. The number of carbonyl (C=O) groups excluding carboxylic acids is 2. The van der Waals surface area contributed by atoms with E-state index < -0.39 is 33.7 Å². The van der Waals surface area contributed by atoms with Crippen LogP contribution in [0, 0.1) is 3.57 Å². The van der Waals surface area contributed by atoms with Crippen molar-refractivity contribution in [2.45, 2.75) is 30.6 Å². The number of alkyl halides is 3. The number of sulfonamides is 1. The zero-order valence-electron chi connectivity index (χ0n) is 17.5. The highest BCUT2D eigenvalue weighted by atomic mass is 127. The Morgan fingerprint density at radius 2 is 1.67 bits per heavy atom. The normalized spacial score (nSPS) is 17.6. The van der Waals surface area contributed by atoms with Gasteiger partial charge < -0.3 is 10.2 Å². The van der Waals surface area contributed by atoms with E-state index >= 15 is 0 Å². The maximum atomic E-state index is 13.2. The molecule has 1 aliphatic heterocycles. The molecule has 1 aliphatic rings. The summed E-state index contributed by atoms with van der Waals surface area (Å²) in [5.41, 5.74) is -0.389. The highest BCUT2D eigenvalue weighted by Crippen LogP contribution is 2.29. The minimum Gasteiger partial charge on any atom is -0.351 e. The van der Waals surface area contributed by atoms with E-state index in [4.69, 9.17) is 0 Å². The summed E-state index contributed by atoms with van der Waals surface area (Å²) < 4.78 is 66.6. The number of halogens is 4. The third-order valence-electron chi connectivity index (χ3n) is 5.25. The van der Waals surface area contributed by atoms with E-state index in [1.165, 1.54) is 36.1 Å². The van der Waals surface area contributed by atoms with Gasteiger partial charge in [0.1, 0.15) is 6.04 Å². The number of hydrogen-bond donors (Lipinski definition) is 1. The third-order valence-corrected chi connectivity index (χ3v) is 7.89. The van der Waals surface area contributed by atoms with Crippen molar-refractivity contribution in [2.75, 3.05) is 19.6 Å². The summed E-state index contributed by atoms with van der Waals surface area (Å²) in [6, 6.07) is 9.30. The van der Waals surface area contributed by atoms with Gasteiger partial charge in [-0.2, -0.15) is 17.5 Å². The molecule has 3 rings (SSSR count). The van der Waals surface area contributed by atoms with Gasteiger partial charge in [0, 0.05) is 36.7 Å². The first-order chi connectivity index (χ1) is 15.4. The predicted molar refractivity (Wildman–Crippen MR) is 122 cm³/mol. The van der Waals surface area contributed by atoms with Gasteiger partial charge in [0.25, 0.3) is 0 Å². The maximum Gasteiger partial charge on any atom is 0.416 e. The van der Waals surface area contributed by atoms with Crippen LogP contribution in [0.25, 0.3) is 0 Å². The monoisotopic (exact) mass is 595 g/mol. The Kier molecular flexibility index (Phi) is 7.69. The van der Waals surface area contributed by atoms with Gasteiger partial charge in [0.05, 0.1) is 10.5 Å². The quantitative estimate of drug-likeness (QED) is 0.539. The van der Waals surface area contributed by atoms with Gasteiger partial charge in [-0.25, -0.2) is 8.42 Å². The molecule has 2 aromatic carbocycles. The Balaban J connectivity index is 1.80. The molecule has 1 saturated heterocycles. The maximum absolute atomic E-state index is 13.2. The minimum absolute atomic E-state index is 0.0275. The number of amides is 2. The second kappa shape index (κ2) is 9.97. The zero-order chi connectivity index (χ0) is 24.4. The number of rotatable bonds is 5. The first-order valence-electron chi connectivity index (χ1n) is 9.86. The molecule has 0 spiro atoms. The van der Waals surface area contributed by atoms with Gasteiger partial charge in [-0.3, -0.25) is 9.59 Å². The van der Waals surface area contributed by atoms with Crippen LogP contribution in [0.1, 0.15) is 18.1 Å². The molecule has 0 saturated carbocycles. The standard InChI is InChI=1S/C21H21F3IN3O4S/c1-14(29)27-10-11-28(33(31,32)18-8-6-17(25)7-9-18)19(13-27)20(30)26-12-15-2-4-16(5-3-15)21(22,23)24/h2-9,19H,10-13H2,1H3,(H,26,30). The summed E-state index contributed by atoms with van der Waals surface area (Å²) >= 11 is 2.05. The highest BCUT2D eigenvalue weighted by molar-refractivity contribution is 14.1. The molecular formula is C21H21F3IN3O4S. The lowest BCUT2D eigenvalue weighted by molar-refractivity contribution is -0.138. The SMILES string of the molecule is CC(=O)N1CCN(S(=O)(=O)c2ccc(I)cc2)C(C(=O)NCc2ccc(C(F)(F)F)cc2)C1. The largest absolute Gasteiger partial charge is 0.416 e. The average Bonchev–Trinajstić information content (AvgIpc) is 2.77. The van der Waals surface area contributed by atoms with Crippen LogP contribution in [0.5, 0.6) is 0 Å². The topological polar surface area (TPSA) is 86.8 Å². The first-order valence-corrected chi connectivity index (χ1v) is 12.4. The molecule has 0 aromatic heterocycles. The Bertz CT molecular complexity index is 1120. The van der Waals surface area contributed by atoms with Crippen LogP contribution < -0.4 is 5.32 Å². The van der Waals surface area contributed by atoms with Crippen molar-refractivity contribution < 1.29 is 31.2 Å². The number of nitrogens with one attached hydrogen (secondary N) is 1. The molecule has 7 nitrogen and oxygen atoms in total. The zero-order valence-corrected chi connectivity index (χ0v) is 20.4. The fourth-order valence-electron chi connectivity index (χ4n) is 3.41. The second-order valence-corrected chi connectivity index (χ2v) is 10.6. The van der Waals surface area contributed by atoms with Crippen molar-refractivity contribution >= 4 is 44.4 Å². The fraction of sp³-hybridized carbons (Fsp3) is 0.333. The molecule has 2 amide bonds. The van der Waals surface area contributed by atoms with Crippen molar-refractivity contribution in [3.8, 4) is 0 Å². The molecule has 2 aromatic rings. The summed E-state index contributed by atoms with van der Waals surface area (Å²) in [7, 11) is -4.02. The van der Waals surface area contributed by atoms with Crippen LogP contribution >= 0.6 is 22.6 Å². The fourth-order valence-corrected chi connectivity index (χ4v) is 5.34. The van der Waals surface area contributed by atoms with Gasteiger partial charge in [-0.05, 0) is 64.6 Å². The van der Waals surface area contributed by atoms with E-state index in [0.29, 0.717) is 5.56 Å². The Labute approximate surface area is 203 Å². The lowest BCUT2D eigenvalue weighted by atomic mass is 10.1. The van der Waals surface area contributed by atoms with E-state index in [-0.39, 0.29) is 37.0 Å². The van der Waals surface area contributed by atoms with Crippen molar-refractivity contribution in [3.05, 3.63) is 63.2 Å². The Morgan fingerprint density at radius 1 is 1.06 bits per heavy atom. The molecule has 1 heterocycles. The van der Waals surface area contributed by atoms with E-state index in [9.17, 15) is 31.2 Å². The van der Waals surface area contributed by atoms with Crippen molar-refractivity contribution in [2.24, 2.45) is 0 Å². The van der Waals surface area contributed by atoms with Gasteiger partial charge in [-0.1, -0.05) is 12.1 Å². The Hall–Kier alpha value is -2.19. The smallest absolute Gasteiger partial charge is 0.351 e. The lowest BCUT2D eigenvalue weighted by Gasteiger charge is -2.39.